The lowest BCUT2D eigenvalue weighted by atomic mass is 9.83. The first-order valence-corrected chi connectivity index (χ1v) is 6.75. The molecule has 1 saturated carbocycles. The normalized spacial score (nSPS) is 29.4. The van der Waals surface area contributed by atoms with Gasteiger partial charge in [-0.15, -0.1) is 0 Å². The zero-order chi connectivity index (χ0) is 12.3. The molecule has 1 rings (SSSR count). The first-order valence-electron chi connectivity index (χ1n) is 6.75. The molecule has 1 N–H and O–H groups in total. The van der Waals surface area contributed by atoms with E-state index >= 15 is 0 Å². The summed E-state index contributed by atoms with van der Waals surface area (Å²) in [6.45, 7) is 9.39. The van der Waals surface area contributed by atoms with E-state index in [1.54, 1.807) is 0 Å². The molecule has 0 radical (unpaired) electrons. The van der Waals surface area contributed by atoms with Crippen molar-refractivity contribution < 1.29 is 0 Å². The Bertz CT molecular complexity index is 199. The van der Waals surface area contributed by atoms with E-state index in [-0.39, 0.29) is 0 Å². The van der Waals surface area contributed by atoms with Gasteiger partial charge in [0, 0.05) is 18.1 Å². The van der Waals surface area contributed by atoms with Gasteiger partial charge in [-0.25, -0.2) is 0 Å². The summed E-state index contributed by atoms with van der Waals surface area (Å²) in [5.41, 5.74) is 0.384. The molecule has 0 heterocycles. The van der Waals surface area contributed by atoms with Crippen LogP contribution in [-0.4, -0.2) is 37.1 Å². The molecule has 0 saturated heterocycles. The summed E-state index contributed by atoms with van der Waals surface area (Å²) in [5.74, 6) is 0. The van der Waals surface area contributed by atoms with Crippen LogP contribution in [0.5, 0.6) is 0 Å². The first kappa shape index (κ1) is 14.0. The molecule has 2 nitrogen and oxygen atoms in total. The Labute approximate surface area is 102 Å². The second-order valence-electron chi connectivity index (χ2n) is 6.50. The smallest absolute Gasteiger partial charge is 0.0115 e. The topological polar surface area (TPSA) is 15.3 Å². The lowest BCUT2D eigenvalue weighted by Crippen LogP contribution is -2.47. The van der Waals surface area contributed by atoms with Crippen LogP contribution >= 0.6 is 0 Å². The molecule has 0 aliphatic heterocycles. The SMILES string of the molecule is CNC1CCC(N(C)C(C)C(C)(C)C)CC1. The van der Waals surface area contributed by atoms with Gasteiger partial charge in [0.05, 0.1) is 0 Å². The van der Waals surface area contributed by atoms with Crippen LogP contribution in [0.3, 0.4) is 0 Å². The maximum absolute atomic E-state index is 3.40. The highest BCUT2D eigenvalue weighted by atomic mass is 15.2. The van der Waals surface area contributed by atoms with Gasteiger partial charge in [-0.3, -0.25) is 0 Å². The molecule has 0 amide bonds. The summed E-state index contributed by atoms with van der Waals surface area (Å²) in [4.78, 5) is 2.60. The highest BCUT2D eigenvalue weighted by Crippen LogP contribution is 2.29. The van der Waals surface area contributed by atoms with Gasteiger partial charge in [0.25, 0.3) is 0 Å². The van der Waals surface area contributed by atoms with Crippen LogP contribution in [0, 0.1) is 5.41 Å². The number of nitrogens with zero attached hydrogens (tertiary/aromatic N) is 1. The fraction of sp³-hybridized carbons (Fsp3) is 1.00. The molecular formula is C14H30N2. The highest BCUT2D eigenvalue weighted by molar-refractivity contribution is 4.86. The molecule has 0 aromatic carbocycles. The number of hydrogen-bond acceptors (Lipinski definition) is 2. The fourth-order valence-electron chi connectivity index (χ4n) is 2.70. The third-order valence-corrected chi connectivity index (χ3v) is 4.55. The van der Waals surface area contributed by atoms with Crippen molar-refractivity contribution in [1.82, 2.24) is 10.2 Å². The molecule has 96 valence electrons. The molecule has 1 aliphatic rings. The second kappa shape index (κ2) is 5.50. The van der Waals surface area contributed by atoms with Crippen molar-refractivity contribution >= 4 is 0 Å². The standard InChI is InChI=1S/C14H30N2/c1-11(14(2,3)4)16(6)13-9-7-12(15-5)8-10-13/h11-13,15H,7-10H2,1-6H3. The lowest BCUT2D eigenvalue weighted by molar-refractivity contribution is 0.0732. The third kappa shape index (κ3) is 3.46. The van der Waals surface area contributed by atoms with E-state index in [1.807, 2.05) is 0 Å². The van der Waals surface area contributed by atoms with E-state index in [9.17, 15) is 0 Å². The average Bonchev–Trinajstić information content (AvgIpc) is 2.26. The van der Waals surface area contributed by atoms with Crippen molar-refractivity contribution in [1.29, 1.82) is 0 Å². The summed E-state index contributed by atoms with van der Waals surface area (Å²) in [5, 5.41) is 3.40. The summed E-state index contributed by atoms with van der Waals surface area (Å²) in [7, 11) is 4.40. The van der Waals surface area contributed by atoms with Crippen LogP contribution in [-0.2, 0) is 0 Å². The maximum Gasteiger partial charge on any atom is 0.0115 e. The average molecular weight is 226 g/mol. The Balaban J connectivity index is 2.47. The van der Waals surface area contributed by atoms with Crippen molar-refractivity contribution in [3.8, 4) is 0 Å². The number of nitrogens with one attached hydrogen (secondary N) is 1. The lowest BCUT2D eigenvalue weighted by Gasteiger charge is -2.42. The summed E-state index contributed by atoms with van der Waals surface area (Å²) in [6.07, 6.45) is 5.37. The van der Waals surface area contributed by atoms with Gasteiger partial charge < -0.3 is 10.2 Å². The van der Waals surface area contributed by atoms with Crippen molar-refractivity contribution in [2.45, 2.75) is 71.5 Å². The van der Waals surface area contributed by atoms with E-state index in [0.717, 1.165) is 12.1 Å². The summed E-state index contributed by atoms with van der Waals surface area (Å²) >= 11 is 0. The monoisotopic (exact) mass is 226 g/mol. The van der Waals surface area contributed by atoms with Crippen molar-refractivity contribution in [3.63, 3.8) is 0 Å². The minimum absolute atomic E-state index is 0.384. The molecule has 1 atom stereocenters. The van der Waals surface area contributed by atoms with E-state index in [1.165, 1.54) is 25.7 Å². The molecule has 1 fully saturated rings. The van der Waals surface area contributed by atoms with Crippen molar-refractivity contribution in [2.24, 2.45) is 5.41 Å². The van der Waals surface area contributed by atoms with Crippen LogP contribution in [0.15, 0.2) is 0 Å². The highest BCUT2D eigenvalue weighted by Gasteiger charge is 2.30. The maximum atomic E-state index is 3.40. The molecule has 0 aromatic heterocycles. The van der Waals surface area contributed by atoms with Crippen molar-refractivity contribution in [2.75, 3.05) is 14.1 Å². The van der Waals surface area contributed by atoms with Gasteiger partial charge in [0.2, 0.25) is 0 Å². The van der Waals surface area contributed by atoms with Crippen LogP contribution in [0.2, 0.25) is 0 Å². The Kier molecular flexibility index (Phi) is 4.81. The van der Waals surface area contributed by atoms with Gasteiger partial charge in [0.1, 0.15) is 0 Å². The molecule has 16 heavy (non-hydrogen) atoms. The van der Waals surface area contributed by atoms with E-state index < -0.39 is 0 Å². The molecule has 1 unspecified atom stereocenters. The van der Waals surface area contributed by atoms with Gasteiger partial charge >= 0.3 is 0 Å². The molecule has 0 bridgehead atoms. The van der Waals surface area contributed by atoms with E-state index in [4.69, 9.17) is 0 Å². The van der Waals surface area contributed by atoms with E-state index in [0.29, 0.717) is 11.5 Å². The number of rotatable bonds is 3. The third-order valence-electron chi connectivity index (χ3n) is 4.55. The second-order valence-corrected chi connectivity index (χ2v) is 6.50. The van der Waals surface area contributed by atoms with Crippen LogP contribution < -0.4 is 5.32 Å². The van der Waals surface area contributed by atoms with Gasteiger partial charge in [-0.05, 0) is 52.1 Å². The van der Waals surface area contributed by atoms with Gasteiger partial charge in [0.15, 0.2) is 0 Å². The molecule has 0 aromatic rings. The Hall–Kier alpha value is -0.0800. The van der Waals surface area contributed by atoms with Gasteiger partial charge in [-0.2, -0.15) is 0 Å². The van der Waals surface area contributed by atoms with Crippen molar-refractivity contribution in [3.05, 3.63) is 0 Å². The largest absolute Gasteiger partial charge is 0.317 e. The molecular weight excluding hydrogens is 196 g/mol. The zero-order valence-corrected chi connectivity index (χ0v) is 12.0. The molecule has 2 heteroatoms. The fourth-order valence-corrected chi connectivity index (χ4v) is 2.70. The van der Waals surface area contributed by atoms with Crippen LogP contribution in [0.25, 0.3) is 0 Å². The summed E-state index contributed by atoms with van der Waals surface area (Å²) in [6, 6.07) is 2.21. The molecule has 1 aliphatic carbocycles. The Morgan fingerprint density at radius 2 is 1.62 bits per heavy atom. The Morgan fingerprint density at radius 1 is 1.12 bits per heavy atom. The predicted octanol–water partition coefficient (Wildman–Crippen LogP) is 2.88. The van der Waals surface area contributed by atoms with Gasteiger partial charge in [-0.1, -0.05) is 20.8 Å². The van der Waals surface area contributed by atoms with E-state index in [2.05, 4.69) is 52.0 Å². The quantitative estimate of drug-likeness (QED) is 0.796. The zero-order valence-electron chi connectivity index (χ0n) is 12.0. The predicted molar refractivity (Wildman–Crippen MR) is 71.8 cm³/mol. The van der Waals surface area contributed by atoms with Crippen LogP contribution in [0.4, 0.5) is 0 Å². The minimum Gasteiger partial charge on any atom is -0.317 e. The Morgan fingerprint density at radius 3 is 2.00 bits per heavy atom. The summed E-state index contributed by atoms with van der Waals surface area (Å²) < 4.78 is 0. The first-order chi connectivity index (χ1) is 7.36. The minimum atomic E-state index is 0.384. The molecule has 0 spiro atoms. The van der Waals surface area contributed by atoms with Crippen LogP contribution in [0.1, 0.15) is 53.4 Å². The number of hydrogen-bond donors (Lipinski definition) is 1.